The molecule has 0 saturated heterocycles. The van der Waals surface area contributed by atoms with Gasteiger partial charge >= 0.3 is 0 Å². The van der Waals surface area contributed by atoms with Gasteiger partial charge in [-0.3, -0.25) is 0 Å². The minimum Gasteiger partial charge on any atom is -0.399 e. The maximum atomic E-state index is 11.6. The van der Waals surface area contributed by atoms with Gasteiger partial charge in [0.2, 0.25) is 10.0 Å². The van der Waals surface area contributed by atoms with Gasteiger partial charge in [0.15, 0.2) is 0 Å². The average Bonchev–Trinajstić information content (AvgIpc) is 2.56. The number of aromatic nitrogens is 2. The first-order valence-electron chi connectivity index (χ1n) is 5.36. The second-order valence-electron chi connectivity index (χ2n) is 4.17. The van der Waals surface area contributed by atoms with E-state index in [0.29, 0.717) is 27.8 Å². The minimum absolute atomic E-state index is 0.0882. The minimum atomic E-state index is -3.91. The van der Waals surface area contributed by atoms with Crippen molar-refractivity contribution in [1.82, 2.24) is 9.78 Å². The molecule has 0 atom stereocenters. The number of hydrogen-bond acceptors (Lipinski definition) is 4. The predicted octanol–water partition coefficient (Wildman–Crippen LogP) is 1.37. The lowest BCUT2D eigenvalue weighted by molar-refractivity contribution is 0.596. The highest BCUT2D eigenvalue weighted by Crippen LogP contribution is 2.27. The van der Waals surface area contributed by atoms with Gasteiger partial charge in [-0.1, -0.05) is 11.6 Å². The van der Waals surface area contributed by atoms with E-state index in [9.17, 15) is 8.42 Å². The van der Waals surface area contributed by atoms with Crippen LogP contribution in [-0.2, 0) is 10.0 Å². The number of halogens is 1. The molecule has 1 aromatic carbocycles. The van der Waals surface area contributed by atoms with E-state index in [1.807, 2.05) is 0 Å². The number of hydrogen-bond donors (Lipinski definition) is 2. The standard InChI is InChI=1S/C11H13ClN4O2S/c1-6-11(12)7(2)16(15-6)9-4-3-8(13)5-10(9)19(14,17)18/h3-5H,13H2,1-2H3,(H2,14,17,18). The van der Waals surface area contributed by atoms with Crippen LogP contribution in [0.3, 0.4) is 0 Å². The smallest absolute Gasteiger partial charge is 0.240 e. The normalized spacial score (nSPS) is 11.8. The topological polar surface area (TPSA) is 104 Å². The highest BCUT2D eigenvalue weighted by atomic mass is 35.5. The zero-order valence-corrected chi connectivity index (χ0v) is 12.0. The van der Waals surface area contributed by atoms with Crippen molar-refractivity contribution in [1.29, 1.82) is 0 Å². The van der Waals surface area contributed by atoms with Gasteiger partial charge in [0, 0.05) is 5.69 Å². The Labute approximate surface area is 116 Å². The van der Waals surface area contributed by atoms with Crippen molar-refractivity contribution in [2.45, 2.75) is 18.7 Å². The molecule has 0 spiro atoms. The summed E-state index contributed by atoms with van der Waals surface area (Å²) in [5.74, 6) is 0. The van der Waals surface area contributed by atoms with Gasteiger partial charge in [-0.15, -0.1) is 0 Å². The maximum Gasteiger partial charge on any atom is 0.240 e. The third-order valence-electron chi connectivity index (χ3n) is 2.72. The van der Waals surface area contributed by atoms with E-state index in [1.165, 1.54) is 10.7 Å². The van der Waals surface area contributed by atoms with Crippen LogP contribution in [0.25, 0.3) is 5.69 Å². The molecule has 1 aromatic heterocycles. The SMILES string of the molecule is Cc1nn(-c2ccc(N)cc2S(N)(=O)=O)c(C)c1Cl. The molecule has 0 aliphatic heterocycles. The largest absolute Gasteiger partial charge is 0.399 e. The zero-order valence-electron chi connectivity index (χ0n) is 10.4. The molecular formula is C11H13ClN4O2S. The Morgan fingerprint density at radius 3 is 2.42 bits per heavy atom. The van der Waals surface area contributed by atoms with E-state index in [0.717, 1.165) is 0 Å². The molecule has 0 aliphatic rings. The third kappa shape index (κ3) is 2.44. The Morgan fingerprint density at radius 2 is 1.95 bits per heavy atom. The molecule has 1 heterocycles. The summed E-state index contributed by atoms with van der Waals surface area (Å²) in [7, 11) is -3.91. The van der Waals surface area contributed by atoms with Gasteiger partial charge in [0.1, 0.15) is 4.90 Å². The first kappa shape index (κ1) is 13.9. The molecule has 8 heteroatoms. The van der Waals surface area contributed by atoms with Gasteiger partial charge in [-0.05, 0) is 32.0 Å². The van der Waals surface area contributed by atoms with E-state index in [4.69, 9.17) is 22.5 Å². The van der Waals surface area contributed by atoms with Crippen molar-refractivity contribution in [2.24, 2.45) is 5.14 Å². The van der Waals surface area contributed by atoms with Crippen LogP contribution < -0.4 is 10.9 Å². The van der Waals surface area contributed by atoms with Crippen molar-refractivity contribution >= 4 is 27.3 Å². The fraction of sp³-hybridized carbons (Fsp3) is 0.182. The van der Waals surface area contributed by atoms with Gasteiger partial charge in [-0.25, -0.2) is 18.2 Å². The highest BCUT2D eigenvalue weighted by molar-refractivity contribution is 7.89. The number of sulfonamides is 1. The number of nitrogen functional groups attached to an aromatic ring is 1. The zero-order chi connectivity index (χ0) is 14.4. The van der Waals surface area contributed by atoms with Crippen molar-refractivity contribution in [3.63, 3.8) is 0 Å². The highest BCUT2D eigenvalue weighted by Gasteiger charge is 2.19. The molecule has 4 N–H and O–H groups in total. The molecule has 0 unspecified atom stereocenters. The second kappa shape index (κ2) is 4.52. The Morgan fingerprint density at radius 1 is 1.32 bits per heavy atom. The van der Waals surface area contributed by atoms with Gasteiger partial charge in [0.05, 0.1) is 22.1 Å². The van der Waals surface area contributed by atoms with Crippen molar-refractivity contribution in [2.75, 3.05) is 5.73 Å². The van der Waals surface area contributed by atoms with Crippen molar-refractivity contribution < 1.29 is 8.42 Å². The molecule has 2 rings (SSSR count). The van der Waals surface area contributed by atoms with Crippen LogP contribution in [0.1, 0.15) is 11.4 Å². The average molecular weight is 301 g/mol. The number of rotatable bonds is 2. The summed E-state index contributed by atoms with van der Waals surface area (Å²) in [5, 5.41) is 9.89. The van der Waals surface area contributed by atoms with Crippen molar-refractivity contribution in [3.8, 4) is 5.69 Å². The molecular weight excluding hydrogens is 288 g/mol. The van der Waals surface area contributed by atoms with E-state index in [1.54, 1.807) is 26.0 Å². The molecule has 2 aromatic rings. The monoisotopic (exact) mass is 300 g/mol. The molecule has 0 aliphatic carbocycles. The number of nitrogens with two attached hydrogens (primary N) is 2. The fourth-order valence-electron chi connectivity index (χ4n) is 1.79. The molecule has 102 valence electrons. The maximum absolute atomic E-state index is 11.6. The van der Waals surface area contributed by atoms with E-state index in [-0.39, 0.29) is 4.90 Å². The molecule has 0 radical (unpaired) electrons. The van der Waals surface area contributed by atoms with E-state index < -0.39 is 10.0 Å². The van der Waals surface area contributed by atoms with Crippen LogP contribution in [0.4, 0.5) is 5.69 Å². The second-order valence-corrected chi connectivity index (χ2v) is 6.08. The number of nitrogens with zero attached hydrogens (tertiary/aromatic N) is 2. The van der Waals surface area contributed by atoms with E-state index in [2.05, 4.69) is 5.10 Å². The quantitative estimate of drug-likeness (QED) is 0.817. The van der Waals surface area contributed by atoms with Gasteiger partial charge < -0.3 is 5.73 Å². The summed E-state index contributed by atoms with van der Waals surface area (Å²) in [4.78, 5) is -0.0882. The third-order valence-corrected chi connectivity index (χ3v) is 4.21. The van der Waals surface area contributed by atoms with Crippen LogP contribution in [-0.4, -0.2) is 18.2 Å². The lowest BCUT2D eigenvalue weighted by Gasteiger charge is -2.10. The Hall–Kier alpha value is -1.57. The molecule has 0 fully saturated rings. The summed E-state index contributed by atoms with van der Waals surface area (Å²) < 4.78 is 24.7. The molecule has 19 heavy (non-hydrogen) atoms. The van der Waals surface area contributed by atoms with E-state index >= 15 is 0 Å². The van der Waals surface area contributed by atoms with Crippen LogP contribution in [0, 0.1) is 13.8 Å². The van der Waals surface area contributed by atoms with Crippen LogP contribution in [0.2, 0.25) is 5.02 Å². The number of benzene rings is 1. The first-order chi connectivity index (χ1) is 8.71. The summed E-state index contributed by atoms with van der Waals surface area (Å²) in [6.45, 7) is 3.48. The number of primary sulfonamides is 1. The summed E-state index contributed by atoms with van der Waals surface area (Å²) in [6, 6.07) is 4.42. The first-order valence-corrected chi connectivity index (χ1v) is 7.28. The Balaban J connectivity index is 2.79. The molecule has 6 nitrogen and oxygen atoms in total. The lowest BCUT2D eigenvalue weighted by Crippen LogP contribution is -2.16. The summed E-state index contributed by atoms with van der Waals surface area (Å²) in [6.07, 6.45) is 0. The summed E-state index contributed by atoms with van der Waals surface area (Å²) in [5.41, 5.74) is 7.47. The molecule has 0 amide bonds. The van der Waals surface area contributed by atoms with Gasteiger partial charge in [0.25, 0.3) is 0 Å². The van der Waals surface area contributed by atoms with Crippen molar-refractivity contribution in [3.05, 3.63) is 34.6 Å². The summed E-state index contributed by atoms with van der Waals surface area (Å²) >= 11 is 6.06. The Kier molecular flexibility index (Phi) is 3.29. The molecule has 0 bridgehead atoms. The Bertz CT molecular complexity index is 752. The predicted molar refractivity (Wildman–Crippen MR) is 73.8 cm³/mol. The lowest BCUT2D eigenvalue weighted by atomic mass is 10.3. The fourth-order valence-corrected chi connectivity index (χ4v) is 2.66. The number of anilines is 1. The van der Waals surface area contributed by atoms with Crippen LogP contribution >= 0.6 is 11.6 Å². The number of aryl methyl sites for hydroxylation is 1. The molecule has 0 saturated carbocycles. The van der Waals surface area contributed by atoms with Gasteiger partial charge in [-0.2, -0.15) is 5.10 Å². The van der Waals surface area contributed by atoms with Crippen LogP contribution in [0.5, 0.6) is 0 Å². The van der Waals surface area contributed by atoms with Crippen LogP contribution in [0.15, 0.2) is 23.1 Å².